The van der Waals surface area contributed by atoms with Gasteiger partial charge in [0.25, 0.3) is 0 Å². The highest BCUT2D eigenvalue weighted by Crippen LogP contribution is 2.43. The van der Waals surface area contributed by atoms with Gasteiger partial charge in [0.2, 0.25) is 6.86 Å². The maximum atomic E-state index is 13.0. The zero-order valence-electron chi connectivity index (χ0n) is 14.0. The molecular weight excluding hydrogens is 327 g/mol. The third-order valence-electron chi connectivity index (χ3n) is 4.34. The van der Waals surface area contributed by atoms with Crippen molar-refractivity contribution in [2.75, 3.05) is 12.6 Å². The van der Waals surface area contributed by atoms with E-state index in [1.165, 1.54) is 0 Å². The van der Waals surface area contributed by atoms with E-state index in [-0.39, 0.29) is 0 Å². The van der Waals surface area contributed by atoms with E-state index >= 15 is 0 Å². The van der Waals surface area contributed by atoms with Gasteiger partial charge in [-0.1, -0.05) is 66.7 Å². The van der Waals surface area contributed by atoms with Crippen molar-refractivity contribution in [3.05, 3.63) is 78.9 Å². The maximum Gasteiger partial charge on any atom is 0.228 e. The number of rotatable bonds is 4. The highest BCUT2D eigenvalue weighted by Gasteiger charge is 2.19. The molecule has 0 saturated heterocycles. The first kappa shape index (κ1) is 16.1. The summed E-state index contributed by atoms with van der Waals surface area (Å²) in [6, 6.07) is 25.1. The lowest BCUT2D eigenvalue weighted by atomic mass is 9.91. The zero-order valence-corrected chi connectivity index (χ0v) is 14.0. The third kappa shape index (κ3) is 2.75. The first-order valence-corrected chi connectivity index (χ1v) is 8.31. The molecular formula is C22H17FN2O. The molecule has 0 saturated carbocycles. The molecule has 0 atom stereocenters. The van der Waals surface area contributed by atoms with E-state index in [0.29, 0.717) is 17.1 Å². The molecule has 4 heteroatoms. The molecule has 0 spiro atoms. The second-order valence-electron chi connectivity index (χ2n) is 5.88. The van der Waals surface area contributed by atoms with E-state index in [2.05, 4.69) is 4.98 Å². The molecule has 0 aliphatic heterocycles. The number of hydrogen-bond donors (Lipinski definition) is 1. The fourth-order valence-electron chi connectivity index (χ4n) is 3.27. The van der Waals surface area contributed by atoms with Crippen molar-refractivity contribution in [2.45, 2.75) is 0 Å². The lowest BCUT2D eigenvalue weighted by Crippen LogP contribution is -2.01. The van der Waals surface area contributed by atoms with Gasteiger partial charge in [0.15, 0.2) is 0 Å². The lowest BCUT2D eigenvalue weighted by molar-refractivity contribution is 0.194. The van der Waals surface area contributed by atoms with E-state index in [0.717, 1.165) is 27.6 Å². The van der Waals surface area contributed by atoms with Crippen molar-refractivity contribution >= 4 is 16.7 Å². The van der Waals surface area contributed by atoms with Gasteiger partial charge in [-0.25, -0.2) is 9.37 Å². The minimum atomic E-state index is -0.904. The van der Waals surface area contributed by atoms with E-state index < -0.39 is 6.86 Å². The van der Waals surface area contributed by atoms with E-state index in [4.69, 9.17) is 10.5 Å². The second-order valence-corrected chi connectivity index (χ2v) is 5.88. The Balaban J connectivity index is 2.17. The number of ether oxygens (including phenoxy) is 1. The molecule has 1 heterocycles. The fourth-order valence-corrected chi connectivity index (χ4v) is 3.27. The normalized spacial score (nSPS) is 10.8. The molecule has 0 aliphatic rings. The summed E-state index contributed by atoms with van der Waals surface area (Å²) in [7, 11) is 0. The Morgan fingerprint density at radius 2 is 1.38 bits per heavy atom. The predicted molar refractivity (Wildman–Crippen MR) is 104 cm³/mol. The summed E-state index contributed by atoms with van der Waals surface area (Å²) >= 11 is 0. The molecule has 2 N–H and O–H groups in total. The first-order chi connectivity index (χ1) is 12.8. The molecule has 0 aliphatic carbocycles. The van der Waals surface area contributed by atoms with Crippen molar-refractivity contribution in [2.24, 2.45) is 0 Å². The summed E-state index contributed by atoms with van der Waals surface area (Å²) in [5.41, 5.74) is 10.7. The van der Waals surface area contributed by atoms with Crippen LogP contribution in [0.4, 0.5) is 10.2 Å². The number of nitrogen functional groups attached to an aromatic ring is 1. The van der Waals surface area contributed by atoms with Gasteiger partial charge in [-0.2, -0.15) is 0 Å². The van der Waals surface area contributed by atoms with Gasteiger partial charge in [0, 0.05) is 11.1 Å². The monoisotopic (exact) mass is 344 g/mol. The molecule has 1 aromatic heterocycles. The van der Waals surface area contributed by atoms with Gasteiger partial charge in [-0.3, -0.25) is 0 Å². The van der Waals surface area contributed by atoms with Crippen molar-refractivity contribution in [3.8, 4) is 28.0 Å². The van der Waals surface area contributed by atoms with Crippen LogP contribution < -0.4 is 10.5 Å². The fraction of sp³-hybridized carbons (Fsp3) is 0.0455. The standard InChI is InChI=1S/C22H17FN2O/c23-14-26-18-13-7-12-17-21(18)19(15-8-3-1-4-9-15)20(22(24)25-17)16-10-5-2-6-11-16/h1-13H,14H2,(H2,24,25). The minimum Gasteiger partial charge on any atom is -0.462 e. The van der Waals surface area contributed by atoms with Crippen LogP contribution >= 0.6 is 0 Å². The number of anilines is 1. The van der Waals surface area contributed by atoms with Gasteiger partial charge in [-0.15, -0.1) is 0 Å². The number of hydrogen-bond acceptors (Lipinski definition) is 3. The highest BCUT2D eigenvalue weighted by molar-refractivity contribution is 6.08. The number of halogens is 1. The Bertz CT molecular complexity index is 1050. The summed E-state index contributed by atoms with van der Waals surface area (Å²) in [5.74, 6) is 0.883. The molecule has 26 heavy (non-hydrogen) atoms. The summed E-state index contributed by atoms with van der Waals surface area (Å²) in [5, 5.41) is 0.754. The molecule has 0 fully saturated rings. The second kappa shape index (κ2) is 6.84. The van der Waals surface area contributed by atoms with Crippen LogP contribution in [-0.4, -0.2) is 11.8 Å². The summed E-state index contributed by atoms with van der Waals surface area (Å²) in [6.07, 6.45) is 0. The molecule has 3 nitrogen and oxygen atoms in total. The zero-order chi connectivity index (χ0) is 17.9. The number of pyridine rings is 1. The first-order valence-electron chi connectivity index (χ1n) is 8.31. The Morgan fingerprint density at radius 1 is 0.769 bits per heavy atom. The Kier molecular flexibility index (Phi) is 4.23. The minimum absolute atomic E-state index is 0.431. The van der Waals surface area contributed by atoms with Gasteiger partial charge in [-0.05, 0) is 23.3 Å². The average Bonchev–Trinajstić information content (AvgIpc) is 2.68. The molecule has 0 amide bonds. The van der Waals surface area contributed by atoms with Gasteiger partial charge in [0.1, 0.15) is 11.6 Å². The van der Waals surface area contributed by atoms with Crippen LogP contribution in [0.2, 0.25) is 0 Å². The summed E-state index contributed by atoms with van der Waals surface area (Å²) < 4.78 is 18.2. The number of nitrogens with two attached hydrogens (primary N) is 1. The Hall–Kier alpha value is -3.40. The lowest BCUT2D eigenvalue weighted by Gasteiger charge is -2.18. The van der Waals surface area contributed by atoms with Crippen LogP contribution in [0.1, 0.15) is 0 Å². The quantitative estimate of drug-likeness (QED) is 0.535. The number of benzene rings is 3. The molecule has 0 unspecified atom stereocenters. The largest absolute Gasteiger partial charge is 0.462 e. The molecule has 4 aromatic rings. The van der Waals surface area contributed by atoms with Crippen LogP contribution in [0.5, 0.6) is 5.75 Å². The molecule has 0 radical (unpaired) electrons. The SMILES string of the molecule is Nc1nc2cccc(OCF)c2c(-c2ccccc2)c1-c1ccccc1. The van der Waals surface area contributed by atoms with Crippen LogP contribution in [0.15, 0.2) is 78.9 Å². The van der Waals surface area contributed by atoms with Crippen LogP contribution in [-0.2, 0) is 0 Å². The Morgan fingerprint density at radius 3 is 2.00 bits per heavy atom. The topological polar surface area (TPSA) is 48.1 Å². The number of aromatic nitrogens is 1. The van der Waals surface area contributed by atoms with Crippen molar-refractivity contribution < 1.29 is 9.13 Å². The number of fused-ring (bicyclic) bond motifs is 1. The van der Waals surface area contributed by atoms with Gasteiger partial charge < -0.3 is 10.5 Å². The van der Waals surface area contributed by atoms with Gasteiger partial charge >= 0.3 is 0 Å². The van der Waals surface area contributed by atoms with Crippen LogP contribution in [0.25, 0.3) is 33.2 Å². The number of nitrogens with zero attached hydrogens (tertiary/aromatic N) is 1. The van der Waals surface area contributed by atoms with E-state index in [9.17, 15) is 4.39 Å². The average molecular weight is 344 g/mol. The van der Waals surface area contributed by atoms with E-state index in [1.807, 2.05) is 66.7 Å². The van der Waals surface area contributed by atoms with Crippen LogP contribution in [0, 0.1) is 0 Å². The third-order valence-corrected chi connectivity index (χ3v) is 4.34. The van der Waals surface area contributed by atoms with E-state index in [1.54, 1.807) is 12.1 Å². The Labute approximate surface area is 150 Å². The maximum absolute atomic E-state index is 13.0. The molecule has 128 valence electrons. The van der Waals surface area contributed by atoms with Crippen LogP contribution in [0.3, 0.4) is 0 Å². The molecule has 4 rings (SSSR count). The van der Waals surface area contributed by atoms with Gasteiger partial charge in [0.05, 0.1) is 10.9 Å². The predicted octanol–water partition coefficient (Wildman–Crippen LogP) is 5.46. The van der Waals surface area contributed by atoms with Crippen molar-refractivity contribution in [1.29, 1.82) is 0 Å². The smallest absolute Gasteiger partial charge is 0.228 e. The number of alkyl halides is 1. The van der Waals surface area contributed by atoms with Crippen molar-refractivity contribution in [3.63, 3.8) is 0 Å². The molecule has 3 aromatic carbocycles. The summed E-state index contributed by atoms with van der Waals surface area (Å²) in [6.45, 7) is -0.904. The molecule has 0 bridgehead atoms. The van der Waals surface area contributed by atoms with Crippen molar-refractivity contribution in [1.82, 2.24) is 4.98 Å². The highest BCUT2D eigenvalue weighted by atomic mass is 19.1. The summed E-state index contributed by atoms with van der Waals surface area (Å²) in [4.78, 5) is 4.56.